The molecular weight excluding hydrogens is 503 g/mol. The quantitative estimate of drug-likeness (QED) is 0.268. The smallest absolute Gasteiger partial charge is 0.189 e. The van der Waals surface area contributed by atoms with Crippen molar-refractivity contribution >= 4 is 29.9 Å². The molecule has 0 saturated heterocycles. The van der Waals surface area contributed by atoms with Gasteiger partial charge in [0.2, 0.25) is 0 Å². The van der Waals surface area contributed by atoms with Crippen LogP contribution < -0.4 is 20.5 Å². The first-order valence-corrected chi connectivity index (χ1v) is 9.47. The molecule has 0 heterocycles. The highest BCUT2D eigenvalue weighted by molar-refractivity contribution is 14.0. The number of nitrogens with zero attached hydrogens (tertiary/aromatic N) is 2. The standard InChI is InChI=1S/C24H24N4O2.HI/c1-29-22-12-9-18(13-23(22)30-2)16-28-24(26)27-15-17-7-10-19(11-8-17)21-6-4-3-5-20(21)14-25;/h3-13H,15-16H2,1-2H3,(H3,26,27,28);1H. The molecule has 3 aromatic rings. The number of aliphatic imine (C=N–C) groups is 1. The van der Waals surface area contributed by atoms with E-state index in [2.05, 4.69) is 16.4 Å². The Hall–Kier alpha value is -3.25. The topological polar surface area (TPSA) is 92.7 Å². The van der Waals surface area contributed by atoms with E-state index in [9.17, 15) is 5.26 Å². The van der Waals surface area contributed by atoms with Crippen LogP contribution in [-0.2, 0) is 13.1 Å². The summed E-state index contributed by atoms with van der Waals surface area (Å²) in [6.45, 7) is 0.991. The maximum absolute atomic E-state index is 9.27. The average molecular weight is 528 g/mol. The summed E-state index contributed by atoms with van der Waals surface area (Å²) >= 11 is 0. The molecule has 0 bridgehead atoms. The molecule has 0 fully saturated rings. The Morgan fingerprint density at radius 3 is 2.32 bits per heavy atom. The Balaban J connectivity index is 0.00000341. The van der Waals surface area contributed by atoms with E-state index in [0.717, 1.165) is 22.3 Å². The number of nitriles is 1. The van der Waals surface area contributed by atoms with Gasteiger partial charge in [-0.05, 0) is 40.5 Å². The first-order valence-electron chi connectivity index (χ1n) is 9.47. The van der Waals surface area contributed by atoms with Crippen LogP contribution >= 0.6 is 24.0 Å². The molecule has 0 saturated carbocycles. The number of guanidine groups is 1. The molecule has 0 atom stereocenters. The van der Waals surface area contributed by atoms with Crippen LogP contribution in [0.2, 0.25) is 0 Å². The summed E-state index contributed by atoms with van der Waals surface area (Å²) < 4.78 is 10.5. The largest absolute Gasteiger partial charge is 0.493 e. The van der Waals surface area contributed by atoms with Gasteiger partial charge in [-0.15, -0.1) is 24.0 Å². The Labute approximate surface area is 199 Å². The molecule has 0 aliphatic carbocycles. The van der Waals surface area contributed by atoms with Gasteiger partial charge < -0.3 is 20.5 Å². The summed E-state index contributed by atoms with van der Waals surface area (Å²) in [7, 11) is 3.21. The molecule has 6 nitrogen and oxygen atoms in total. The Morgan fingerprint density at radius 2 is 1.65 bits per heavy atom. The van der Waals surface area contributed by atoms with Gasteiger partial charge in [-0.1, -0.05) is 48.5 Å². The van der Waals surface area contributed by atoms with Crippen molar-refractivity contribution in [3.8, 4) is 28.7 Å². The Kier molecular flexibility index (Phi) is 9.15. The van der Waals surface area contributed by atoms with Gasteiger partial charge >= 0.3 is 0 Å². The minimum Gasteiger partial charge on any atom is -0.493 e. The second-order valence-electron chi connectivity index (χ2n) is 6.60. The maximum Gasteiger partial charge on any atom is 0.189 e. The Bertz CT molecular complexity index is 1080. The second-order valence-corrected chi connectivity index (χ2v) is 6.60. The normalized spacial score (nSPS) is 10.5. The lowest BCUT2D eigenvalue weighted by Crippen LogP contribution is -2.31. The molecule has 3 N–H and O–H groups in total. The highest BCUT2D eigenvalue weighted by atomic mass is 127. The molecule has 0 unspecified atom stereocenters. The van der Waals surface area contributed by atoms with Gasteiger partial charge in [0.05, 0.1) is 32.4 Å². The number of ether oxygens (including phenoxy) is 2. The number of halogens is 1. The fraction of sp³-hybridized carbons (Fsp3) is 0.167. The van der Waals surface area contributed by atoms with E-state index in [1.54, 1.807) is 14.2 Å². The van der Waals surface area contributed by atoms with E-state index >= 15 is 0 Å². The molecule has 3 aromatic carbocycles. The van der Waals surface area contributed by atoms with Gasteiger partial charge in [0, 0.05) is 6.54 Å². The van der Waals surface area contributed by atoms with Crippen LogP contribution in [0.15, 0.2) is 71.7 Å². The van der Waals surface area contributed by atoms with Gasteiger partial charge in [0.25, 0.3) is 0 Å². The van der Waals surface area contributed by atoms with E-state index in [4.69, 9.17) is 15.2 Å². The number of nitrogens with one attached hydrogen (secondary N) is 1. The first kappa shape index (κ1) is 24.0. The second kappa shape index (κ2) is 11.8. The SMILES string of the molecule is COc1ccc(CN=C(N)NCc2ccc(-c3ccccc3C#N)cc2)cc1OC.I. The van der Waals surface area contributed by atoms with Gasteiger partial charge in [-0.3, -0.25) is 0 Å². The van der Waals surface area contributed by atoms with Crippen molar-refractivity contribution in [2.45, 2.75) is 13.1 Å². The van der Waals surface area contributed by atoms with Gasteiger partial charge in [-0.2, -0.15) is 5.26 Å². The molecular formula is C24H25IN4O2. The molecule has 0 aliphatic rings. The van der Waals surface area contributed by atoms with Crippen molar-refractivity contribution in [3.05, 3.63) is 83.4 Å². The number of hydrogen-bond donors (Lipinski definition) is 2. The van der Waals surface area contributed by atoms with Crippen LogP contribution in [0.5, 0.6) is 11.5 Å². The summed E-state index contributed by atoms with van der Waals surface area (Å²) in [4.78, 5) is 4.38. The maximum atomic E-state index is 9.27. The summed E-state index contributed by atoms with van der Waals surface area (Å²) in [5.74, 6) is 1.70. The van der Waals surface area contributed by atoms with E-state index in [-0.39, 0.29) is 24.0 Å². The predicted molar refractivity (Wildman–Crippen MR) is 134 cm³/mol. The van der Waals surface area contributed by atoms with Crippen molar-refractivity contribution in [1.29, 1.82) is 5.26 Å². The van der Waals surface area contributed by atoms with Crippen molar-refractivity contribution in [1.82, 2.24) is 5.32 Å². The minimum absolute atomic E-state index is 0. The van der Waals surface area contributed by atoms with Crippen LogP contribution in [0.25, 0.3) is 11.1 Å². The monoisotopic (exact) mass is 528 g/mol. The molecule has 0 radical (unpaired) electrons. The number of nitrogens with two attached hydrogens (primary N) is 1. The van der Waals surface area contributed by atoms with Crippen LogP contribution in [-0.4, -0.2) is 20.2 Å². The third kappa shape index (κ3) is 6.36. The molecule has 0 aliphatic heterocycles. The van der Waals surface area contributed by atoms with E-state index < -0.39 is 0 Å². The van der Waals surface area contributed by atoms with Crippen molar-refractivity contribution in [3.63, 3.8) is 0 Å². The van der Waals surface area contributed by atoms with Gasteiger partial charge in [0.1, 0.15) is 0 Å². The van der Waals surface area contributed by atoms with Gasteiger partial charge in [0.15, 0.2) is 17.5 Å². The van der Waals surface area contributed by atoms with Crippen molar-refractivity contribution < 1.29 is 9.47 Å². The average Bonchev–Trinajstić information content (AvgIpc) is 2.81. The molecule has 3 rings (SSSR count). The fourth-order valence-corrected chi connectivity index (χ4v) is 3.04. The fourth-order valence-electron chi connectivity index (χ4n) is 3.04. The van der Waals surface area contributed by atoms with Crippen LogP contribution in [0.4, 0.5) is 0 Å². The van der Waals surface area contributed by atoms with Crippen LogP contribution in [0.1, 0.15) is 16.7 Å². The summed E-state index contributed by atoms with van der Waals surface area (Å²) in [6, 6.07) is 23.5. The minimum atomic E-state index is 0. The van der Waals surface area contributed by atoms with Crippen molar-refractivity contribution in [2.24, 2.45) is 10.7 Å². The van der Waals surface area contributed by atoms with Gasteiger partial charge in [-0.25, -0.2) is 4.99 Å². The van der Waals surface area contributed by atoms with Crippen molar-refractivity contribution in [2.75, 3.05) is 14.2 Å². The number of benzene rings is 3. The summed E-state index contributed by atoms with van der Waals surface area (Å²) in [6.07, 6.45) is 0. The highest BCUT2D eigenvalue weighted by Gasteiger charge is 2.05. The molecule has 31 heavy (non-hydrogen) atoms. The molecule has 0 aromatic heterocycles. The lowest BCUT2D eigenvalue weighted by Gasteiger charge is -2.10. The highest BCUT2D eigenvalue weighted by Crippen LogP contribution is 2.27. The van der Waals surface area contributed by atoms with Crippen LogP contribution in [0.3, 0.4) is 0 Å². The molecule has 0 amide bonds. The van der Waals surface area contributed by atoms with E-state index in [1.165, 1.54) is 0 Å². The van der Waals surface area contributed by atoms with E-state index in [1.807, 2.05) is 66.7 Å². The summed E-state index contributed by atoms with van der Waals surface area (Å²) in [5.41, 5.74) is 10.6. The molecule has 7 heteroatoms. The number of methoxy groups -OCH3 is 2. The zero-order valence-electron chi connectivity index (χ0n) is 17.5. The Morgan fingerprint density at radius 1 is 0.968 bits per heavy atom. The first-order chi connectivity index (χ1) is 14.6. The zero-order valence-corrected chi connectivity index (χ0v) is 19.8. The summed E-state index contributed by atoms with van der Waals surface area (Å²) in [5, 5.41) is 12.4. The van der Waals surface area contributed by atoms with E-state index in [0.29, 0.717) is 36.1 Å². The zero-order chi connectivity index (χ0) is 21.3. The number of rotatable bonds is 7. The predicted octanol–water partition coefficient (Wildman–Crippen LogP) is 4.46. The lowest BCUT2D eigenvalue weighted by molar-refractivity contribution is 0.354. The van der Waals surface area contributed by atoms with Crippen LogP contribution in [0, 0.1) is 11.3 Å². The molecule has 160 valence electrons. The lowest BCUT2D eigenvalue weighted by atomic mass is 9.99. The molecule has 0 spiro atoms. The third-order valence-corrected chi connectivity index (χ3v) is 4.67. The number of hydrogen-bond acceptors (Lipinski definition) is 4. The third-order valence-electron chi connectivity index (χ3n) is 4.67.